The molecule has 1 aromatic carbocycles. The quantitative estimate of drug-likeness (QED) is 0.800. The van der Waals surface area contributed by atoms with Gasteiger partial charge in [0.25, 0.3) is 5.91 Å². The lowest BCUT2D eigenvalue weighted by Crippen LogP contribution is -2.46. The Balaban J connectivity index is 2.14. The molecule has 0 aliphatic carbocycles. The van der Waals surface area contributed by atoms with E-state index in [4.69, 9.17) is 0 Å². The van der Waals surface area contributed by atoms with Gasteiger partial charge in [-0.2, -0.15) is 13.9 Å². The number of rotatable bonds is 6. The molecule has 1 unspecified atom stereocenters. The molecule has 0 aliphatic rings. The van der Waals surface area contributed by atoms with Crippen LogP contribution < -0.4 is 5.32 Å². The van der Waals surface area contributed by atoms with Gasteiger partial charge in [0.05, 0.1) is 5.92 Å². The molecule has 2 aromatic rings. The molecule has 1 atom stereocenters. The van der Waals surface area contributed by atoms with Gasteiger partial charge in [-0.05, 0) is 5.56 Å². The summed E-state index contributed by atoms with van der Waals surface area (Å²) in [6, 6.07) is 8.59. The predicted octanol–water partition coefficient (Wildman–Crippen LogP) is 1.95. The zero-order valence-corrected chi connectivity index (χ0v) is 11.1. The lowest BCUT2D eigenvalue weighted by atomic mass is 9.98. The summed E-state index contributed by atoms with van der Waals surface area (Å²) in [5.41, 5.74) is 0.667. The summed E-state index contributed by atoms with van der Waals surface area (Å²) >= 11 is 0. The Morgan fingerprint density at radius 2 is 1.95 bits per heavy atom. The van der Waals surface area contributed by atoms with Crippen molar-refractivity contribution in [3.05, 3.63) is 48.0 Å². The van der Waals surface area contributed by atoms with Crippen molar-refractivity contribution in [3.8, 4) is 0 Å². The number of H-pyrrole nitrogens is 1. The molecule has 0 aliphatic heterocycles. The number of aromatic amines is 1. The minimum Gasteiger partial charge on any atom is -0.350 e. The molecule has 0 fully saturated rings. The molecule has 1 heterocycles. The van der Waals surface area contributed by atoms with Crippen LogP contribution in [0.3, 0.4) is 0 Å². The molecule has 0 bridgehead atoms. The molecule has 2 rings (SSSR count). The first-order chi connectivity index (χ1) is 10.4. The van der Waals surface area contributed by atoms with Gasteiger partial charge in [0.2, 0.25) is 0 Å². The summed E-state index contributed by atoms with van der Waals surface area (Å²) in [6.45, 7) is -0.319. The van der Waals surface area contributed by atoms with Crippen LogP contribution in [-0.4, -0.2) is 40.0 Å². The van der Waals surface area contributed by atoms with Crippen molar-refractivity contribution in [1.29, 1.82) is 0 Å². The van der Waals surface area contributed by atoms with Crippen LogP contribution in [0.5, 0.6) is 0 Å². The highest BCUT2D eigenvalue weighted by Crippen LogP contribution is 2.24. The highest BCUT2D eigenvalue weighted by atomic mass is 19.3. The van der Waals surface area contributed by atoms with E-state index in [-0.39, 0.29) is 6.54 Å². The first-order valence-electron chi connectivity index (χ1n) is 6.27. The van der Waals surface area contributed by atoms with E-state index in [0.717, 1.165) is 0 Å². The summed E-state index contributed by atoms with van der Waals surface area (Å²) < 4.78 is 50.2. The van der Waals surface area contributed by atoms with Crippen molar-refractivity contribution < 1.29 is 22.4 Å². The van der Waals surface area contributed by atoms with Crippen LogP contribution in [0.15, 0.2) is 36.7 Å². The number of aromatic nitrogens is 3. The molecule has 118 valence electrons. The summed E-state index contributed by atoms with van der Waals surface area (Å²) in [5, 5.41) is 8.06. The molecule has 0 spiro atoms. The molecule has 0 saturated heterocycles. The average Bonchev–Trinajstić information content (AvgIpc) is 3.02. The molecule has 5 nitrogen and oxygen atoms in total. The van der Waals surface area contributed by atoms with E-state index in [1.807, 2.05) is 5.32 Å². The Labute approximate surface area is 122 Å². The zero-order valence-electron chi connectivity index (χ0n) is 11.1. The van der Waals surface area contributed by atoms with Crippen molar-refractivity contribution in [3.63, 3.8) is 0 Å². The summed E-state index contributed by atoms with van der Waals surface area (Å²) in [4.78, 5) is 15.1. The third-order valence-electron chi connectivity index (χ3n) is 3.01. The van der Waals surface area contributed by atoms with Crippen LogP contribution in [0.4, 0.5) is 17.6 Å². The summed E-state index contributed by atoms with van der Waals surface area (Å²) in [7, 11) is 0. The fourth-order valence-electron chi connectivity index (χ4n) is 1.85. The fourth-order valence-corrected chi connectivity index (χ4v) is 1.85. The van der Waals surface area contributed by atoms with Gasteiger partial charge in [-0.15, -0.1) is 0 Å². The van der Waals surface area contributed by atoms with Gasteiger partial charge in [0.1, 0.15) is 12.2 Å². The number of benzene rings is 1. The molecule has 22 heavy (non-hydrogen) atoms. The Hall–Kier alpha value is -2.45. The third-order valence-corrected chi connectivity index (χ3v) is 3.01. The number of alkyl halides is 4. The van der Waals surface area contributed by atoms with E-state index in [0.29, 0.717) is 11.4 Å². The first-order valence-corrected chi connectivity index (χ1v) is 6.27. The molecule has 0 saturated carbocycles. The van der Waals surface area contributed by atoms with E-state index < -0.39 is 24.2 Å². The number of nitrogens with one attached hydrogen (secondary N) is 2. The Kier molecular flexibility index (Phi) is 4.74. The van der Waals surface area contributed by atoms with Crippen molar-refractivity contribution in [2.24, 2.45) is 0 Å². The van der Waals surface area contributed by atoms with Gasteiger partial charge < -0.3 is 5.32 Å². The van der Waals surface area contributed by atoms with Crippen LogP contribution in [0, 0.1) is 0 Å². The van der Waals surface area contributed by atoms with Gasteiger partial charge in [-0.1, -0.05) is 30.3 Å². The monoisotopic (exact) mass is 316 g/mol. The van der Waals surface area contributed by atoms with Gasteiger partial charge in [0.15, 0.2) is 0 Å². The maximum Gasteiger partial charge on any atom is 0.383 e. The Morgan fingerprint density at radius 1 is 1.27 bits per heavy atom. The number of hydrogen-bond acceptors (Lipinski definition) is 3. The maximum atomic E-state index is 12.9. The van der Waals surface area contributed by atoms with E-state index in [9.17, 15) is 22.4 Å². The topological polar surface area (TPSA) is 70.7 Å². The first kappa shape index (κ1) is 15.9. The normalized spacial score (nSPS) is 13.1. The van der Waals surface area contributed by atoms with E-state index in [1.165, 1.54) is 6.33 Å². The van der Waals surface area contributed by atoms with Crippen molar-refractivity contribution in [2.45, 2.75) is 18.3 Å². The maximum absolute atomic E-state index is 12.9. The van der Waals surface area contributed by atoms with Gasteiger partial charge in [0, 0.05) is 6.54 Å². The van der Waals surface area contributed by atoms with Crippen molar-refractivity contribution in [1.82, 2.24) is 20.5 Å². The van der Waals surface area contributed by atoms with Crippen molar-refractivity contribution in [2.75, 3.05) is 6.54 Å². The fraction of sp³-hybridized carbons (Fsp3) is 0.308. The zero-order chi connectivity index (χ0) is 16.2. The number of amides is 1. The summed E-state index contributed by atoms with van der Waals surface area (Å²) in [6.07, 6.45) is -2.84. The third kappa shape index (κ3) is 3.41. The molecular weight excluding hydrogens is 304 g/mol. The van der Waals surface area contributed by atoms with Crippen molar-refractivity contribution >= 4 is 5.91 Å². The SMILES string of the molecule is O=C(NCC(c1ccccc1)c1ncn[nH]1)C(F)(F)C(F)F. The molecule has 1 aromatic heterocycles. The second-order valence-electron chi connectivity index (χ2n) is 4.47. The average molecular weight is 316 g/mol. The number of nitrogens with zero attached hydrogens (tertiary/aromatic N) is 2. The molecular formula is C13H12F4N4O. The van der Waals surface area contributed by atoms with Crippen LogP contribution in [0.2, 0.25) is 0 Å². The molecule has 0 radical (unpaired) electrons. The minimum atomic E-state index is -4.73. The van der Waals surface area contributed by atoms with Gasteiger partial charge in [-0.3, -0.25) is 9.89 Å². The van der Waals surface area contributed by atoms with Gasteiger partial charge in [-0.25, -0.2) is 13.8 Å². The summed E-state index contributed by atoms with van der Waals surface area (Å²) in [5.74, 6) is -7.04. The number of carbonyl (C=O) groups is 1. The van der Waals surface area contributed by atoms with Crippen LogP contribution in [0.25, 0.3) is 0 Å². The van der Waals surface area contributed by atoms with Crippen LogP contribution in [0.1, 0.15) is 17.3 Å². The Bertz CT molecular complexity index is 604. The lowest BCUT2D eigenvalue weighted by Gasteiger charge is -2.19. The minimum absolute atomic E-state index is 0.319. The standard InChI is InChI=1S/C13H12F4N4O/c14-11(15)13(16,17)12(22)18-6-9(10-19-7-20-21-10)8-4-2-1-3-5-8/h1-5,7,9,11H,6H2,(H,18,22)(H,19,20,21). The number of carbonyl (C=O) groups excluding carboxylic acids is 1. The van der Waals surface area contributed by atoms with E-state index >= 15 is 0 Å². The largest absolute Gasteiger partial charge is 0.383 e. The van der Waals surface area contributed by atoms with Crippen LogP contribution >= 0.6 is 0 Å². The van der Waals surface area contributed by atoms with Crippen LogP contribution in [-0.2, 0) is 4.79 Å². The highest BCUT2D eigenvalue weighted by molar-refractivity contribution is 5.83. The van der Waals surface area contributed by atoms with E-state index in [1.54, 1.807) is 30.3 Å². The molecule has 1 amide bonds. The molecule has 2 N–H and O–H groups in total. The second-order valence-corrected chi connectivity index (χ2v) is 4.47. The van der Waals surface area contributed by atoms with Gasteiger partial charge >= 0.3 is 12.3 Å². The molecule has 9 heteroatoms. The highest BCUT2D eigenvalue weighted by Gasteiger charge is 2.48. The number of halogens is 4. The smallest absolute Gasteiger partial charge is 0.350 e. The predicted molar refractivity (Wildman–Crippen MR) is 68.6 cm³/mol. The lowest BCUT2D eigenvalue weighted by molar-refractivity contribution is -0.169. The Morgan fingerprint density at radius 3 is 2.50 bits per heavy atom. The van der Waals surface area contributed by atoms with E-state index in [2.05, 4.69) is 15.2 Å². The number of hydrogen-bond donors (Lipinski definition) is 2. The second kappa shape index (κ2) is 6.54.